The van der Waals surface area contributed by atoms with Gasteiger partial charge in [0.25, 0.3) is 0 Å². The minimum absolute atomic E-state index is 0. The highest BCUT2D eigenvalue weighted by Crippen LogP contribution is 2.40. The number of aliphatic hydroxyl groups is 1. The Morgan fingerprint density at radius 3 is 2.34 bits per heavy atom. The summed E-state index contributed by atoms with van der Waals surface area (Å²) in [7, 11) is 1.58. The monoisotopic (exact) mass is 548 g/mol. The number of ether oxygens (including phenoxy) is 2. The van der Waals surface area contributed by atoms with Crippen LogP contribution in [0.2, 0.25) is 0 Å². The van der Waals surface area contributed by atoms with E-state index < -0.39 is 0 Å². The number of aliphatic hydroxyl groups excluding tert-OH is 1. The predicted octanol–water partition coefficient (Wildman–Crippen LogP) is 3.85. The summed E-state index contributed by atoms with van der Waals surface area (Å²) < 4.78 is 14.4. The van der Waals surface area contributed by atoms with E-state index in [1.807, 2.05) is 40.7 Å². The number of aromatic nitrogens is 4. The van der Waals surface area contributed by atoms with Crippen LogP contribution in [-0.4, -0.2) is 63.7 Å². The third kappa shape index (κ3) is 6.13. The van der Waals surface area contributed by atoms with Crippen molar-refractivity contribution >= 4 is 29.7 Å². The van der Waals surface area contributed by atoms with E-state index in [1.165, 1.54) is 9.20 Å². The number of benzene rings is 1. The fraction of sp³-hybridized carbons (Fsp3) is 0.556. The van der Waals surface area contributed by atoms with E-state index in [4.69, 9.17) is 25.1 Å². The molecule has 0 amide bonds. The van der Waals surface area contributed by atoms with Crippen molar-refractivity contribution in [2.45, 2.75) is 66.8 Å². The van der Waals surface area contributed by atoms with Gasteiger partial charge in [-0.3, -0.25) is 10.2 Å². The van der Waals surface area contributed by atoms with E-state index in [-0.39, 0.29) is 42.4 Å². The van der Waals surface area contributed by atoms with Crippen molar-refractivity contribution in [3.63, 3.8) is 0 Å². The van der Waals surface area contributed by atoms with Crippen molar-refractivity contribution in [3.8, 4) is 11.5 Å². The first-order chi connectivity index (χ1) is 17.5. The summed E-state index contributed by atoms with van der Waals surface area (Å²) in [6, 6.07) is 3.49. The molecule has 11 heteroatoms. The molecule has 210 valence electrons. The number of methoxy groups -OCH3 is 1. The number of nitrogens with zero attached hydrogens (tertiary/aromatic N) is 5. The molecule has 2 aromatic heterocycles. The zero-order chi connectivity index (χ0) is 27.5. The number of hydrogen-bond donors (Lipinski definition) is 2. The standard InChI is InChI=1S/C27H40N6O4.ClH/c1-9-31(10-2)24-17(3)18(4)25-29-32(26(28)33(25)30-24)16-21(35)19-14-20(27(5,6)7)23(36-8)22(15-19)37-13-11-12-34;/h14-15,28,34H,9-13,16H2,1-8H3;1H. The molecule has 0 bridgehead atoms. The van der Waals surface area contributed by atoms with Crippen molar-refractivity contribution in [3.05, 3.63) is 40.0 Å². The molecule has 3 rings (SSSR count). The highest BCUT2D eigenvalue weighted by molar-refractivity contribution is 5.97. The number of carbonyl (C=O) groups excluding carboxylic acids is 1. The molecule has 1 aromatic carbocycles. The third-order valence-corrected chi connectivity index (χ3v) is 6.59. The van der Waals surface area contributed by atoms with Gasteiger partial charge in [0.1, 0.15) is 6.54 Å². The Balaban J connectivity index is 0.00000507. The van der Waals surface area contributed by atoms with Crippen LogP contribution in [0.25, 0.3) is 5.65 Å². The van der Waals surface area contributed by atoms with Crippen LogP contribution >= 0.6 is 12.4 Å². The van der Waals surface area contributed by atoms with Gasteiger partial charge >= 0.3 is 0 Å². The Labute approximate surface area is 230 Å². The number of anilines is 1. The Morgan fingerprint density at radius 1 is 1.13 bits per heavy atom. The zero-order valence-electron chi connectivity index (χ0n) is 23.7. The number of ketones is 1. The Bertz CT molecular complexity index is 1340. The maximum Gasteiger partial charge on any atom is 0.242 e. The zero-order valence-corrected chi connectivity index (χ0v) is 24.5. The second-order valence-electron chi connectivity index (χ2n) is 10.1. The lowest BCUT2D eigenvalue weighted by molar-refractivity contribution is 0.0964. The predicted molar refractivity (Wildman–Crippen MR) is 150 cm³/mol. The van der Waals surface area contributed by atoms with Gasteiger partial charge in [-0.05, 0) is 45.2 Å². The summed E-state index contributed by atoms with van der Waals surface area (Å²) >= 11 is 0. The molecule has 38 heavy (non-hydrogen) atoms. The molecule has 0 saturated carbocycles. The van der Waals surface area contributed by atoms with Gasteiger partial charge in [-0.25, -0.2) is 4.68 Å². The van der Waals surface area contributed by atoms with Crippen molar-refractivity contribution in [1.29, 1.82) is 5.41 Å². The molecule has 10 nitrogen and oxygen atoms in total. The number of halogens is 1. The van der Waals surface area contributed by atoms with E-state index in [1.54, 1.807) is 13.2 Å². The van der Waals surface area contributed by atoms with Gasteiger partial charge in [-0.15, -0.1) is 22.6 Å². The summed E-state index contributed by atoms with van der Waals surface area (Å²) in [4.78, 5) is 15.6. The normalized spacial score (nSPS) is 11.4. The Kier molecular flexibility index (Phi) is 10.3. The van der Waals surface area contributed by atoms with Crippen LogP contribution in [-0.2, 0) is 12.0 Å². The first-order valence-electron chi connectivity index (χ1n) is 12.7. The SMILES string of the molecule is CCN(CC)c1nn2c(=N)n(CC(=O)c3cc(OCCCO)c(OC)c(C(C)(C)C)c3)nc2c(C)c1C.Cl. The minimum atomic E-state index is -0.313. The second-order valence-corrected chi connectivity index (χ2v) is 10.1. The molecule has 0 aliphatic carbocycles. The highest BCUT2D eigenvalue weighted by Gasteiger charge is 2.26. The smallest absolute Gasteiger partial charge is 0.242 e. The third-order valence-electron chi connectivity index (χ3n) is 6.59. The molecule has 0 spiro atoms. The fourth-order valence-corrected chi connectivity index (χ4v) is 4.29. The summed E-state index contributed by atoms with van der Waals surface area (Å²) in [5.41, 5.74) is 3.49. The van der Waals surface area contributed by atoms with Gasteiger partial charge in [0.2, 0.25) is 5.62 Å². The van der Waals surface area contributed by atoms with Gasteiger partial charge < -0.3 is 19.5 Å². The van der Waals surface area contributed by atoms with Crippen molar-refractivity contribution < 1.29 is 19.4 Å². The average molecular weight is 549 g/mol. The molecule has 0 unspecified atom stereocenters. The lowest BCUT2D eigenvalue weighted by Gasteiger charge is -2.25. The number of rotatable bonds is 11. The van der Waals surface area contributed by atoms with Crippen molar-refractivity contribution in [1.82, 2.24) is 19.4 Å². The molecular formula is C27H41ClN6O4. The number of hydrogen-bond acceptors (Lipinski definition) is 8. The van der Waals surface area contributed by atoms with E-state index in [9.17, 15) is 4.79 Å². The van der Waals surface area contributed by atoms with E-state index in [2.05, 4.69) is 23.8 Å². The highest BCUT2D eigenvalue weighted by atomic mass is 35.5. The van der Waals surface area contributed by atoms with Crippen LogP contribution in [0.1, 0.15) is 68.1 Å². The lowest BCUT2D eigenvalue weighted by Crippen LogP contribution is -2.29. The molecule has 0 saturated heterocycles. The number of aryl methyl sites for hydroxylation is 1. The maximum absolute atomic E-state index is 13.5. The Hall–Kier alpha value is -3.11. The largest absolute Gasteiger partial charge is 0.493 e. The molecule has 0 aliphatic rings. The minimum Gasteiger partial charge on any atom is -0.493 e. The Morgan fingerprint density at radius 2 is 1.79 bits per heavy atom. The van der Waals surface area contributed by atoms with Gasteiger partial charge in [-0.2, -0.15) is 4.52 Å². The van der Waals surface area contributed by atoms with Gasteiger partial charge in [-0.1, -0.05) is 20.8 Å². The fourth-order valence-electron chi connectivity index (χ4n) is 4.29. The summed E-state index contributed by atoms with van der Waals surface area (Å²) in [6.07, 6.45) is 0.465. The van der Waals surface area contributed by atoms with Gasteiger partial charge in [0, 0.05) is 48.4 Å². The van der Waals surface area contributed by atoms with Crippen molar-refractivity contribution in [2.24, 2.45) is 0 Å². The summed E-state index contributed by atoms with van der Waals surface area (Å²) in [5, 5.41) is 27.2. The second kappa shape index (κ2) is 12.6. The average Bonchev–Trinajstić information content (AvgIpc) is 3.17. The van der Waals surface area contributed by atoms with Crippen LogP contribution in [0.5, 0.6) is 11.5 Å². The van der Waals surface area contributed by atoms with E-state index in [0.29, 0.717) is 35.7 Å². The number of nitrogens with one attached hydrogen (secondary N) is 1. The van der Waals surface area contributed by atoms with Crippen LogP contribution in [0.3, 0.4) is 0 Å². The van der Waals surface area contributed by atoms with Crippen LogP contribution in [0.4, 0.5) is 5.82 Å². The molecule has 0 aliphatic heterocycles. The molecule has 0 fully saturated rings. The van der Waals surface area contributed by atoms with Gasteiger partial charge in [0.05, 0.1) is 13.7 Å². The molecule has 3 aromatic rings. The number of carbonyl (C=O) groups is 1. The van der Waals surface area contributed by atoms with Gasteiger partial charge in [0.15, 0.2) is 28.7 Å². The molecular weight excluding hydrogens is 508 g/mol. The lowest BCUT2D eigenvalue weighted by atomic mass is 9.84. The molecule has 0 radical (unpaired) electrons. The topological polar surface area (TPSA) is 118 Å². The van der Waals surface area contributed by atoms with E-state index in [0.717, 1.165) is 35.6 Å². The van der Waals surface area contributed by atoms with Crippen LogP contribution in [0, 0.1) is 19.3 Å². The summed E-state index contributed by atoms with van der Waals surface area (Å²) in [6.45, 7) is 16.0. The van der Waals surface area contributed by atoms with Crippen molar-refractivity contribution in [2.75, 3.05) is 38.3 Å². The molecule has 0 atom stereocenters. The number of fused-ring (bicyclic) bond motifs is 1. The van der Waals surface area contributed by atoms with Crippen LogP contribution < -0.4 is 20.0 Å². The summed E-state index contributed by atoms with van der Waals surface area (Å²) in [5.74, 6) is 1.63. The van der Waals surface area contributed by atoms with E-state index >= 15 is 0 Å². The molecule has 2 N–H and O–H groups in total. The first-order valence-corrected chi connectivity index (χ1v) is 12.7. The van der Waals surface area contributed by atoms with Crippen LogP contribution in [0.15, 0.2) is 12.1 Å². The first kappa shape index (κ1) is 31.1. The maximum atomic E-state index is 13.5. The molecule has 2 heterocycles. The number of Topliss-reactive ketones (excluding diaryl/α,β-unsaturated/α-hetero) is 1. The quantitative estimate of drug-likeness (QED) is 0.276.